The highest BCUT2D eigenvalue weighted by molar-refractivity contribution is 14.0. The SMILES string of the molecule is COC(=O)c1ccc(CN=C(NCCc2ccco2)NCC2CCCCO2)cc1.I. The molecule has 2 heterocycles. The lowest BCUT2D eigenvalue weighted by Crippen LogP contribution is -2.43. The van der Waals surface area contributed by atoms with E-state index in [0.717, 1.165) is 49.7 Å². The summed E-state index contributed by atoms with van der Waals surface area (Å²) in [5.41, 5.74) is 1.54. The van der Waals surface area contributed by atoms with Crippen molar-refractivity contribution in [3.8, 4) is 0 Å². The van der Waals surface area contributed by atoms with Crippen molar-refractivity contribution in [2.75, 3.05) is 26.8 Å². The van der Waals surface area contributed by atoms with Crippen LogP contribution in [0.5, 0.6) is 0 Å². The molecule has 1 saturated heterocycles. The molecule has 8 heteroatoms. The third kappa shape index (κ3) is 7.98. The quantitative estimate of drug-likeness (QED) is 0.237. The van der Waals surface area contributed by atoms with Gasteiger partial charge in [0, 0.05) is 26.1 Å². The van der Waals surface area contributed by atoms with Crippen LogP contribution in [0, 0.1) is 0 Å². The predicted octanol–water partition coefficient (Wildman–Crippen LogP) is 3.53. The van der Waals surface area contributed by atoms with E-state index in [1.54, 1.807) is 18.4 Å². The molecule has 1 aromatic carbocycles. The standard InChI is InChI=1S/C22H29N3O4.HI/c1-27-21(26)18-9-7-17(8-10-18)15-24-22(23-12-11-19-6-4-14-28-19)25-16-20-5-2-3-13-29-20;/h4,6-10,14,20H,2-3,5,11-13,15-16H2,1H3,(H2,23,24,25);1H. The Morgan fingerprint density at radius 2 is 2.03 bits per heavy atom. The number of hydrogen-bond acceptors (Lipinski definition) is 5. The van der Waals surface area contributed by atoms with Crippen LogP contribution in [0.1, 0.15) is 40.9 Å². The Morgan fingerprint density at radius 3 is 2.70 bits per heavy atom. The van der Waals surface area contributed by atoms with Crippen molar-refractivity contribution in [2.45, 2.75) is 38.3 Å². The Bertz CT molecular complexity index is 772. The van der Waals surface area contributed by atoms with Crippen LogP contribution in [0.3, 0.4) is 0 Å². The number of nitrogens with one attached hydrogen (secondary N) is 2. The minimum Gasteiger partial charge on any atom is -0.469 e. The van der Waals surface area contributed by atoms with Crippen LogP contribution in [-0.2, 0) is 22.4 Å². The lowest BCUT2D eigenvalue weighted by molar-refractivity contribution is 0.0194. The monoisotopic (exact) mass is 527 g/mol. The highest BCUT2D eigenvalue weighted by Crippen LogP contribution is 2.11. The maximum atomic E-state index is 11.6. The van der Waals surface area contributed by atoms with Crippen LogP contribution in [0.25, 0.3) is 0 Å². The molecule has 1 atom stereocenters. The number of esters is 1. The molecule has 0 bridgehead atoms. The molecule has 0 amide bonds. The Hall–Kier alpha value is -2.07. The van der Waals surface area contributed by atoms with Gasteiger partial charge in [0.25, 0.3) is 0 Å². The summed E-state index contributed by atoms with van der Waals surface area (Å²) in [4.78, 5) is 16.2. The van der Waals surface area contributed by atoms with Crippen molar-refractivity contribution < 1.29 is 18.7 Å². The van der Waals surface area contributed by atoms with Gasteiger partial charge in [0.05, 0.1) is 31.6 Å². The number of aliphatic imine (C=N–C) groups is 1. The summed E-state index contributed by atoms with van der Waals surface area (Å²) >= 11 is 0. The van der Waals surface area contributed by atoms with Crippen LogP contribution < -0.4 is 10.6 Å². The van der Waals surface area contributed by atoms with Crippen LogP contribution in [0.4, 0.5) is 0 Å². The van der Waals surface area contributed by atoms with Crippen molar-refractivity contribution >= 4 is 35.9 Å². The van der Waals surface area contributed by atoms with E-state index >= 15 is 0 Å². The van der Waals surface area contributed by atoms with E-state index in [4.69, 9.17) is 13.9 Å². The number of nitrogens with zero attached hydrogens (tertiary/aromatic N) is 1. The topological polar surface area (TPSA) is 85.1 Å². The average Bonchev–Trinajstić information content (AvgIpc) is 3.29. The van der Waals surface area contributed by atoms with E-state index in [0.29, 0.717) is 18.7 Å². The molecule has 1 aliphatic rings. The number of furan rings is 1. The van der Waals surface area contributed by atoms with Crippen LogP contribution in [-0.4, -0.2) is 44.8 Å². The van der Waals surface area contributed by atoms with Crippen molar-refractivity contribution in [3.63, 3.8) is 0 Å². The first-order valence-corrected chi connectivity index (χ1v) is 10.1. The fourth-order valence-corrected chi connectivity index (χ4v) is 3.15. The fraction of sp³-hybridized carbons (Fsp3) is 0.455. The molecule has 164 valence electrons. The number of methoxy groups -OCH3 is 1. The summed E-state index contributed by atoms with van der Waals surface area (Å²) in [5.74, 6) is 1.34. The van der Waals surface area contributed by atoms with E-state index < -0.39 is 0 Å². The zero-order valence-corrected chi connectivity index (χ0v) is 19.6. The largest absolute Gasteiger partial charge is 0.469 e. The Balaban J connectivity index is 0.00000320. The maximum absolute atomic E-state index is 11.6. The van der Waals surface area contributed by atoms with Gasteiger partial charge in [-0.3, -0.25) is 0 Å². The average molecular weight is 527 g/mol. The number of benzene rings is 1. The zero-order chi connectivity index (χ0) is 20.3. The molecular weight excluding hydrogens is 497 g/mol. The third-order valence-electron chi connectivity index (χ3n) is 4.81. The number of hydrogen-bond donors (Lipinski definition) is 2. The van der Waals surface area contributed by atoms with Gasteiger partial charge in [0.15, 0.2) is 5.96 Å². The summed E-state index contributed by atoms with van der Waals surface area (Å²) in [6.45, 7) is 2.78. The lowest BCUT2D eigenvalue weighted by Gasteiger charge is -2.23. The highest BCUT2D eigenvalue weighted by atomic mass is 127. The van der Waals surface area contributed by atoms with Gasteiger partial charge in [0.2, 0.25) is 0 Å². The molecule has 1 fully saturated rings. The molecule has 1 aliphatic heterocycles. The molecule has 7 nitrogen and oxygen atoms in total. The fourth-order valence-electron chi connectivity index (χ4n) is 3.15. The predicted molar refractivity (Wildman–Crippen MR) is 126 cm³/mol. The summed E-state index contributed by atoms with van der Waals surface area (Å²) in [5, 5.41) is 6.74. The molecule has 1 unspecified atom stereocenters. The highest BCUT2D eigenvalue weighted by Gasteiger charge is 2.14. The van der Waals surface area contributed by atoms with Crippen molar-refractivity contribution in [2.24, 2.45) is 4.99 Å². The smallest absolute Gasteiger partial charge is 0.337 e. The maximum Gasteiger partial charge on any atom is 0.337 e. The molecule has 0 aliphatic carbocycles. The molecular formula is C22H30IN3O4. The van der Waals surface area contributed by atoms with Crippen molar-refractivity contribution in [3.05, 3.63) is 59.5 Å². The lowest BCUT2D eigenvalue weighted by atomic mass is 10.1. The van der Waals surface area contributed by atoms with E-state index in [9.17, 15) is 4.79 Å². The Kier molecular flexibility index (Phi) is 10.7. The molecule has 3 rings (SSSR count). The van der Waals surface area contributed by atoms with Gasteiger partial charge in [-0.05, 0) is 49.1 Å². The number of ether oxygens (including phenoxy) is 2. The van der Waals surface area contributed by atoms with Gasteiger partial charge in [-0.15, -0.1) is 24.0 Å². The molecule has 2 aromatic rings. The second kappa shape index (κ2) is 13.3. The Labute approximate surface area is 194 Å². The van der Waals surface area contributed by atoms with Gasteiger partial charge < -0.3 is 24.5 Å². The van der Waals surface area contributed by atoms with Gasteiger partial charge in [-0.1, -0.05) is 12.1 Å². The zero-order valence-electron chi connectivity index (χ0n) is 17.3. The molecule has 30 heavy (non-hydrogen) atoms. The first kappa shape index (κ1) is 24.2. The molecule has 1 aromatic heterocycles. The molecule has 0 spiro atoms. The first-order chi connectivity index (χ1) is 14.2. The van der Waals surface area contributed by atoms with Gasteiger partial charge in [0.1, 0.15) is 5.76 Å². The minimum atomic E-state index is -0.338. The van der Waals surface area contributed by atoms with Crippen LogP contribution in [0.15, 0.2) is 52.1 Å². The summed E-state index contributed by atoms with van der Waals surface area (Å²) < 4.78 is 15.9. The molecule has 0 saturated carbocycles. The van der Waals surface area contributed by atoms with Gasteiger partial charge in [-0.25, -0.2) is 9.79 Å². The third-order valence-corrected chi connectivity index (χ3v) is 4.81. The van der Waals surface area contributed by atoms with Gasteiger partial charge in [-0.2, -0.15) is 0 Å². The van der Waals surface area contributed by atoms with E-state index in [-0.39, 0.29) is 36.0 Å². The van der Waals surface area contributed by atoms with Crippen molar-refractivity contribution in [1.29, 1.82) is 0 Å². The Morgan fingerprint density at radius 1 is 1.20 bits per heavy atom. The summed E-state index contributed by atoms with van der Waals surface area (Å²) in [7, 11) is 1.38. The summed E-state index contributed by atoms with van der Waals surface area (Å²) in [6.07, 6.45) is 6.10. The normalized spacial score (nSPS) is 16.4. The second-order valence-electron chi connectivity index (χ2n) is 6.98. The molecule has 0 radical (unpaired) electrons. The van der Waals surface area contributed by atoms with E-state index in [1.165, 1.54) is 13.5 Å². The summed E-state index contributed by atoms with van der Waals surface area (Å²) in [6, 6.07) is 11.1. The minimum absolute atomic E-state index is 0. The first-order valence-electron chi connectivity index (χ1n) is 10.1. The number of carbonyl (C=O) groups excluding carboxylic acids is 1. The van der Waals surface area contributed by atoms with Crippen molar-refractivity contribution in [1.82, 2.24) is 10.6 Å². The van der Waals surface area contributed by atoms with Crippen LogP contribution in [0.2, 0.25) is 0 Å². The van der Waals surface area contributed by atoms with E-state index in [1.807, 2.05) is 24.3 Å². The number of guanidine groups is 1. The number of rotatable bonds is 8. The van der Waals surface area contributed by atoms with Crippen LogP contribution >= 0.6 is 24.0 Å². The van der Waals surface area contributed by atoms with Gasteiger partial charge >= 0.3 is 5.97 Å². The molecule has 2 N–H and O–H groups in total. The second-order valence-corrected chi connectivity index (χ2v) is 6.98. The van der Waals surface area contributed by atoms with E-state index in [2.05, 4.69) is 15.6 Å². The number of halogens is 1. The number of carbonyl (C=O) groups is 1.